The summed E-state index contributed by atoms with van der Waals surface area (Å²) in [6.45, 7) is 0.326. The summed E-state index contributed by atoms with van der Waals surface area (Å²) in [6.07, 6.45) is -0.611. The lowest BCUT2D eigenvalue weighted by Gasteiger charge is -2.39. The Labute approximate surface area is 110 Å². The topological polar surface area (TPSA) is 93.1 Å². The van der Waals surface area contributed by atoms with E-state index in [-0.39, 0.29) is 17.8 Å². The van der Waals surface area contributed by atoms with Crippen LogP contribution in [0.25, 0.3) is 0 Å². The molecule has 7 atom stereocenters. The van der Waals surface area contributed by atoms with Gasteiger partial charge in [-0.2, -0.15) is 0 Å². The monoisotopic (exact) mass is 270 g/mol. The van der Waals surface area contributed by atoms with E-state index >= 15 is 0 Å². The van der Waals surface area contributed by atoms with Crippen LogP contribution < -0.4 is 0 Å². The van der Waals surface area contributed by atoms with Crippen molar-refractivity contribution in [1.29, 1.82) is 0 Å². The van der Waals surface area contributed by atoms with Crippen molar-refractivity contribution in [3.63, 3.8) is 0 Å². The predicted octanol–water partition coefficient (Wildman–Crippen LogP) is -0.674. The molecule has 106 valence electrons. The summed E-state index contributed by atoms with van der Waals surface area (Å²) >= 11 is 0. The van der Waals surface area contributed by atoms with Crippen LogP contribution in [0.1, 0.15) is 12.8 Å². The van der Waals surface area contributed by atoms with Crippen molar-refractivity contribution in [2.45, 2.75) is 25.0 Å². The molecule has 0 aromatic rings. The Morgan fingerprint density at radius 2 is 2.05 bits per heavy atom. The Kier molecular flexibility index (Phi) is 3.02. The zero-order valence-electron chi connectivity index (χ0n) is 10.7. The van der Waals surface area contributed by atoms with E-state index in [2.05, 4.69) is 0 Å². The van der Waals surface area contributed by atoms with Gasteiger partial charge in [-0.1, -0.05) is 0 Å². The van der Waals surface area contributed by atoms with E-state index in [1.54, 1.807) is 0 Å². The number of aliphatic hydroxyl groups excluding tert-OH is 2. The van der Waals surface area contributed by atoms with Crippen molar-refractivity contribution in [2.24, 2.45) is 29.6 Å². The molecule has 0 unspecified atom stereocenters. The SMILES string of the molecule is COC(=O)[C@@H]1[C@@H]2C(=O)OC[C@H]2C[C@H]2C[C@H](O)[C@@H](O)[C@H]21. The molecule has 2 N–H and O–H groups in total. The van der Waals surface area contributed by atoms with E-state index in [1.165, 1.54) is 7.11 Å². The molecule has 0 radical (unpaired) electrons. The first kappa shape index (κ1) is 12.9. The van der Waals surface area contributed by atoms with Crippen LogP contribution in [0.2, 0.25) is 0 Å². The Morgan fingerprint density at radius 1 is 1.32 bits per heavy atom. The third-order valence-corrected chi connectivity index (χ3v) is 4.98. The Bertz CT molecular complexity index is 408. The molecule has 3 fully saturated rings. The quantitative estimate of drug-likeness (QED) is 0.614. The third-order valence-electron chi connectivity index (χ3n) is 4.98. The highest BCUT2D eigenvalue weighted by Crippen LogP contribution is 2.52. The average molecular weight is 270 g/mol. The van der Waals surface area contributed by atoms with E-state index in [9.17, 15) is 19.8 Å². The molecule has 3 aliphatic rings. The normalized spacial score (nSPS) is 48.4. The van der Waals surface area contributed by atoms with Gasteiger partial charge in [0.2, 0.25) is 0 Å². The zero-order valence-corrected chi connectivity index (χ0v) is 10.7. The van der Waals surface area contributed by atoms with Crippen LogP contribution in [0, 0.1) is 29.6 Å². The van der Waals surface area contributed by atoms with Crippen LogP contribution in [0.15, 0.2) is 0 Å². The van der Waals surface area contributed by atoms with Gasteiger partial charge < -0.3 is 19.7 Å². The average Bonchev–Trinajstić information content (AvgIpc) is 2.89. The van der Waals surface area contributed by atoms with Crippen LogP contribution in [-0.4, -0.2) is 48.1 Å². The van der Waals surface area contributed by atoms with Crippen LogP contribution in [0.5, 0.6) is 0 Å². The summed E-state index contributed by atoms with van der Waals surface area (Å²) < 4.78 is 9.86. The summed E-state index contributed by atoms with van der Waals surface area (Å²) in [6, 6.07) is 0. The zero-order chi connectivity index (χ0) is 13.7. The minimum Gasteiger partial charge on any atom is -0.469 e. The summed E-state index contributed by atoms with van der Waals surface area (Å²) in [4.78, 5) is 23.9. The van der Waals surface area contributed by atoms with Crippen molar-refractivity contribution < 1.29 is 29.3 Å². The number of esters is 2. The van der Waals surface area contributed by atoms with Gasteiger partial charge in [0.05, 0.1) is 37.8 Å². The van der Waals surface area contributed by atoms with Gasteiger partial charge in [-0.25, -0.2) is 0 Å². The second-order valence-corrected chi connectivity index (χ2v) is 5.83. The molecular formula is C13H18O6. The fourth-order valence-corrected chi connectivity index (χ4v) is 4.21. The number of carbonyl (C=O) groups is 2. The highest BCUT2D eigenvalue weighted by molar-refractivity contribution is 5.84. The Balaban J connectivity index is 1.97. The van der Waals surface area contributed by atoms with Crippen molar-refractivity contribution >= 4 is 11.9 Å². The second kappa shape index (κ2) is 4.45. The van der Waals surface area contributed by atoms with Crippen molar-refractivity contribution in [2.75, 3.05) is 13.7 Å². The molecular weight excluding hydrogens is 252 g/mol. The summed E-state index contributed by atoms with van der Waals surface area (Å²) in [5.74, 6) is -2.47. The largest absolute Gasteiger partial charge is 0.469 e. The second-order valence-electron chi connectivity index (χ2n) is 5.83. The molecule has 0 bridgehead atoms. The minimum atomic E-state index is -0.969. The number of carbonyl (C=O) groups excluding carboxylic acids is 2. The van der Waals surface area contributed by atoms with Crippen molar-refractivity contribution in [3.05, 3.63) is 0 Å². The molecule has 6 nitrogen and oxygen atoms in total. The highest BCUT2D eigenvalue weighted by atomic mass is 16.5. The number of fused-ring (bicyclic) bond motifs is 2. The van der Waals surface area contributed by atoms with Crippen molar-refractivity contribution in [1.82, 2.24) is 0 Å². The molecule has 0 aromatic carbocycles. The van der Waals surface area contributed by atoms with Crippen LogP contribution >= 0.6 is 0 Å². The smallest absolute Gasteiger partial charge is 0.310 e. The number of rotatable bonds is 1. The summed E-state index contributed by atoms with van der Waals surface area (Å²) in [5.41, 5.74) is 0. The summed E-state index contributed by atoms with van der Waals surface area (Å²) in [5, 5.41) is 19.9. The van der Waals surface area contributed by atoms with Gasteiger partial charge in [0, 0.05) is 11.8 Å². The maximum Gasteiger partial charge on any atom is 0.310 e. The fourth-order valence-electron chi connectivity index (χ4n) is 4.21. The lowest BCUT2D eigenvalue weighted by atomic mass is 9.63. The molecule has 0 aromatic heterocycles. The Hall–Kier alpha value is -1.14. The van der Waals surface area contributed by atoms with E-state index < -0.39 is 35.9 Å². The van der Waals surface area contributed by atoms with Crippen LogP contribution in [0.4, 0.5) is 0 Å². The van der Waals surface area contributed by atoms with E-state index in [1.807, 2.05) is 0 Å². The van der Waals surface area contributed by atoms with Crippen molar-refractivity contribution in [3.8, 4) is 0 Å². The molecule has 0 amide bonds. The molecule has 3 rings (SSSR count). The number of hydrogen-bond acceptors (Lipinski definition) is 6. The van der Waals surface area contributed by atoms with Crippen LogP contribution in [-0.2, 0) is 19.1 Å². The predicted molar refractivity (Wildman–Crippen MR) is 61.7 cm³/mol. The lowest BCUT2D eigenvalue weighted by Crippen LogP contribution is -2.47. The van der Waals surface area contributed by atoms with Gasteiger partial charge in [0.1, 0.15) is 0 Å². The fraction of sp³-hybridized carbons (Fsp3) is 0.846. The van der Waals surface area contributed by atoms with Crippen LogP contribution in [0.3, 0.4) is 0 Å². The molecule has 0 spiro atoms. The number of hydrogen-bond donors (Lipinski definition) is 2. The number of ether oxygens (including phenoxy) is 2. The maximum absolute atomic E-state index is 12.0. The van der Waals surface area contributed by atoms with Gasteiger partial charge in [-0.15, -0.1) is 0 Å². The Morgan fingerprint density at radius 3 is 2.74 bits per heavy atom. The third kappa shape index (κ3) is 1.77. The first-order valence-corrected chi connectivity index (χ1v) is 6.65. The first-order valence-electron chi connectivity index (χ1n) is 6.65. The molecule has 1 aliphatic heterocycles. The lowest BCUT2D eigenvalue weighted by molar-refractivity contribution is -0.162. The minimum absolute atomic E-state index is 0.00431. The van der Waals surface area contributed by atoms with Gasteiger partial charge in [-0.3, -0.25) is 9.59 Å². The van der Waals surface area contributed by atoms with E-state index in [4.69, 9.17) is 9.47 Å². The number of aliphatic hydroxyl groups is 2. The maximum atomic E-state index is 12.0. The van der Waals surface area contributed by atoms with E-state index in [0.717, 1.165) is 0 Å². The molecule has 1 saturated heterocycles. The standard InChI is InChI=1S/C13H18O6/c1-18-12(16)10-8-5(3-7(14)11(8)15)2-6-4-19-13(17)9(6)10/h5-11,14-15H,2-4H2,1H3/t5-,6+,7-,8+,9+,10-,11+/m0/s1. The molecule has 6 heteroatoms. The number of cyclic esters (lactones) is 1. The van der Waals surface area contributed by atoms with Gasteiger partial charge in [-0.05, 0) is 18.8 Å². The van der Waals surface area contributed by atoms with Gasteiger partial charge in [0.25, 0.3) is 0 Å². The van der Waals surface area contributed by atoms with Gasteiger partial charge >= 0.3 is 11.9 Å². The first-order chi connectivity index (χ1) is 9.04. The summed E-state index contributed by atoms with van der Waals surface area (Å²) in [7, 11) is 1.28. The number of methoxy groups -OCH3 is 1. The highest BCUT2D eigenvalue weighted by Gasteiger charge is 2.60. The molecule has 1 heterocycles. The van der Waals surface area contributed by atoms with E-state index in [0.29, 0.717) is 19.4 Å². The molecule has 2 saturated carbocycles. The molecule has 2 aliphatic carbocycles. The van der Waals surface area contributed by atoms with Gasteiger partial charge in [0.15, 0.2) is 0 Å². The molecule has 19 heavy (non-hydrogen) atoms.